The lowest BCUT2D eigenvalue weighted by Crippen LogP contribution is -2.30. The zero-order valence-electron chi connectivity index (χ0n) is 36.4. The maximum absolute atomic E-state index is 2.49. The monoisotopic (exact) mass is 808 g/mol. The summed E-state index contributed by atoms with van der Waals surface area (Å²) in [4.78, 5) is 4.99. The van der Waals surface area contributed by atoms with E-state index in [-0.39, 0.29) is 10.8 Å². The highest BCUT2D eigenvalue weighted by Crippen LogP contribution is 2.55. The summed E-state index contributed by atoms with van der Waals surface area (Å²) in [6.07, 6.45) is 0. The second kappa shape index (κ2) is 13.8. The third kappa shape index (κ3) is 5.50. The van der Waals surface area contributed by atoms with Crippen LogP contribution < -0.4 is 9.80 Å². The molecule has 10 aromatic rings. The lowest BCUT2D eigenvalue weighted by molar-refractivity contribution is 0.632. The van der Waals surface area contributed by atoms with Gasteiger partial charge in [-0.15, -0.1) is 0 Å². The van der Waals surface area contributed by atoms with E-state index in [2.05, 4.69) is 245 Å². The first kappa shape index (κ1) is 37.4. The van der Waals surface area contributed by atoms with Gasteiger partial charge in [-0.05, 0) is 144 Å². The minimum absolute atomic E-state index is 0.144. The first-order valence-electron chi connectivity index (χ1n) is 22.3. The average molecular weight is 809 g/mol. The molecule has 12 rings (SSSR count). The van der Waals surface area contributed by atoms with Gasteiger partial charge in [0.1, 0.15) is 0 Å². The van der Waals surface area contributed by atoms with Crippen LogP contribution in [0.15, 0.2) is 200 Å². The summed E-state index contributed by atoms with van der Waals surface area (Å²) in [5.74, 6) is 0. The van der Waals surface area contributed by atoms with Crippen molar-refractivity contribution in [3.8, 4) is 22.3 Å². The van der Waals surface area contributed by atoms with Crippen LogP contribution in [0.25, 0.3) is 54.6 Å². The van der Waals surface area contributed by atoms with Crippen LogP contribution in [0.4, 0.5) is 34.1 Å². The van der Waals surface area contributed by atoms with E-state index in [9.17, 15) is 0 Å². The number of hydrogen-bond donors (Lipinski definition) is 0. The maximum Gasteiger partial charge on any atom is 0.0502 e. The average Bonchev–Trinajstić information content (AvgIpc) is 3.31. The van der Waals surface area contributed by atoms with Crippen molar-refractivity contribution < 1.29 is 0 Å². The third-order valence-electron chi connectivity index (χ3n) is 14.3. The Morgan fingerprint density at radius 1 is 0.333 bits per heavy atom. The summed E-state index contributed by atoms with van der Waals surface area (Å²) in [5, 5.41) is 7.41. The Morgan fingerprint density at radius 2 is 0.746 bits per heavy atom. The van der Waals surface area contributed by atoms with E-state index in [1.807, 2.05) is 0 Å². The van der Waals surface area contributed by atoms with Gasteiger partial charge in [-0.1, -0.05) is 173 Å². The molecule has 0 atom stereocenters. The summed E-state index contributed by atoms with van der Waals surface area (Å²) in [7, 11) is 0. The molecular weight excluding hydrogens is 761 g/mol. The largest absolute Gasteiger partial charge is 0.310 e. The normalized spacial score (nSPS) is 14.6. The van der Waals surface area contributed by atoms with E-state index in [1.165, 1.54) is 105 Å². The van der Waals surface area contributed by atoms with Gasteiger partial charge >= 0.3 is 0 Å². The molecule has 0 saturated heterocycles. The molecule has 0 amide bonds. The van der Waals surface area contributed by atoms with Crippen LogP contribution in [0.1, 0.15) is 55.5 Å². The van der Waals surface area contributed by atoms with E-state index in [1.54, 1.807) is 0 Å². The summed E-state index contributed by atoms with van der Waals surface area (Å²) in [6, 6.07) is 75.0. The van der Waals surface area contributed by atoms with Gasteiger partial charge in [0.15, 0.2) is 0 Å². The highest BCUT2D eigenvalue weighted by molar-refractivity contribution is 6.23. The Morgan fingerprint density at radius 3 is 1.25 bits per heavy atom. The number of nitrogens with zero attached hydrogens (tertiary/aromatic N) is 2. The predicted molar refractivity (Wildman–Crippen MR) is 268 cm³/mol. The minimum atomic E-state index is -0.145. The second-order valence-electron chi connectivity index (χ2n) is 18.6. The van der Waals surface area contributed by atoms with Crippen molar-refractivity contribution in [3.63, 3.8) is 0 Å². The van der Waals surface area contributed by atoms with Crippen LogP contribution in [-0.4, -0.2) is 0 Å². The van der Waals surface area contributed by atoms with Crippen LogP contribution in [0.3, 0.4) is 0 Å². The van der Waals surface area contributed by atoms with Crippen molar-refractivity contribution in [3.05, 3.63) is 228 Å². The number of anilines is 6. The molecule has 302 valence electrons. The SMILES string of the molecule is Cc1ccccc1-c1c2ccc(N3c4ccccc4C(C)(C)c4ccccc43)cc2c(-c2ccc3ccccc3c2)c2ccc(N3c4ccccc4C(C)(C)c4ccccc43)cc12. The van der Waals surface area contributed by atoms with Crippen LogP contribution in [0, 0.1) is 6.92 Å². The van der Waals surface area contributed by atoms with Gasteiger partial charge in [0.25, 0.3) is 0 Å². The molecule has 0 fully saturated rings. The number of hydrogen-bond acceptors (Lipinski definition) is 2. The van der Waals surface area contributed by atoms with Crippen molar-refractivity contribution in [2.24, 2.45) is 0 Å². The Kier molecular flexibility index (Phi) is 8.18. The molecule has 2 aliphatic heterocycles. The van der Waals surface area contributed by atoms with Gasteiger partial charge < -0.3 is 9.80 Å². The number of para-hydroxylation sites is 4. The van der Waals surface area contributed by atoms with Crippen LogP contribution in [0.2, 0.25) is 0 Å². The predicted octanol–water partition coefficient (Wildman–Crippen LogP) is 17.0. The summed E-state index contributed by atoms with van der Waals surface area (Å²) >= 11 is 0. The Bertz CT molecular complexity index is 3400. The second-order valence-corrected chi connectivity index (χ2v) is 18.6. The topological polar surface area (TPSA) is 6.48 Å². The van der Waals surface area contributed by atoms with E-state index >= 15 is 0 Å². The molecule has 2 aliphatic rings. The molecular formula is C61H48N2. The fourth-order valence-electron chi connectivity index (χ4n) is 11.2. The van der Waals surface area contributed by atoms with Crippen LogP contribution >= 0.6 is 0 Å². The van der Waals surface area contributed by atoms with E-state index in [0.29, 0.717) is 0 Å². The highest BCUT2D eigenvalue weighted by atomic mass is 15.2. The zero-order valence-corrected chi connectivity index (χ0v) is 36.4. The van der Waals surface area contributed by atoms with Gasteiger partial charge in [0, 0.05) is 22.2 Å². The number of aryl methyl sites for hydroxylation is 1. The van der Waals surface area contributed by atoms with Crippen molar-refractivity contribution >= 4 is 66.4 Å². The number of rotatable bonds is 4. The molecule has 0 spiro atoms. The number of benzene rings is 10. The highest BCUT2D eigenvalue weighted by Gasteiger charge is 2.38. The molecule has 0 aliphatic carbocycles. The molecule has 2 nitrogen and oxygen atoms in total. The van der Waals surface area contributed by atoms with E-state index in [0.717, 1.165) is 11.4 Å². The maximum atomic E-state index is 2.49. The Hall–Kier alpha value is -7.42. The van der Waals surface area contributed by atoms with Gasteiger partial charge in [-0.3, -0.25) is 0 Å². The molecule has 2 heteroatoms. The summed E-state index contributed by atoms with van der Waals surface area (Å²) in [6.45, 7) is 11.7. The first-order chi connectivity index (χ1) is 30.7. The van der Waals surface area contributed by atoms with Gasteiger partial charge in [0.05, 0.1) is 22.7 Å². The molecule has 2 heterocycles. The van der Waals surface area contributed by atoms with Gasteiger partial charge in [0.2, 0.25) is 0 Å². The Balaban J connectivity index is 1.20. The van der Waals surface area contributed by atoms with Crippen molar-refractivity contribution in [2.45, 2.75) is 45.4 Å². The van der Waals surface area contributed by atoms with Crippen LogP contribution in [0.5, 0.6) is 0 Å². The molecule has 63 heavy (non-hydrogen) atoms. The molecule has 0 N–H and O–H groups in total. The van der Waals surface area contributed by atoms with Crippen molar-refractivity contribution in [1.82, 2.24) is 0 Å². The van der Waals surface area contributed by atoms with Crippen molar-refractivity contribution in [1.29, 1.82) is 0 Å². The molecule has 0 saturated carbocycles. The molecule has 0 bridgehead atoms. The summed E-state index contributed by atoms with van der Waals surface area (Å²) in [5.41, 5.74) is 18.4. The first-order valence-corrected chi connectivity index (χ1v) is 22.3. The van der Waals surface area contributed by atoms with Crippen molar-refractivity contribution in [2.75, 3.05) is 9.80 Å². The fraction of sp³-hybridized carbons (Fsp3) is 0.115. The van der Waals surface area contributed by atoms with Crippen LogP contribution in [-0.2, 0) is 10.8 Å². The lowest BCUT2D eigenvalue weighted by Gasteiger charge is -2.42. The quantitative estimate of drug-likeness (QED) is 0.163. The summed E-state index contributed by atoms with van der Waals surface area (Å²) < 4.78 is 0. The molecule has 0 unspecified atom stereocenters. The molecule has 10 aromatic carbocycles. The minimum Gasteiger partial charge on any atom is -0.310 e. The third-order valence-corrected chi connectivity index (χ3v) is 14.3. The lowest BCUT2D eigenvalue weighted by atomic mass is 9.73. The van der Waals surface area contributed by atoms with E-state index < -0.39 is 0 Å². The molecule has 0 aromatic heterocycles. The smallest absolute Gasteiger partial charge is 0.0502 e. The van der Waals surface area contributed by atoms with Gasteiger partial charge in [-0.2, -0.15) is 0 Å². The molecule has 0 radical (unpaired) electrons. The Labute approximate surface area is 370 Å². The van der Waals surface area contributed by atoms with Gasteiger partial charge in [-0.25, -0.2) is 0 Å². The van der Waals surface area contributed by atoms with E-state index in [4.69, 9.17) is 0 Å². The zero-order chi connectivity index (χ0) is 42.6. The number of fused-ring (bicyclic) bond motifs is 7. The fourth-order valence-corrected chi connectivity index (χ4v) is 11.2. The standard InChI is InChI=1S/C61H48N2/c1-39-18-6-9-21-45(39)59-47-35-33-43(62-54-26-14-10-22-50(54)60(2,3)51-23-11-15-27-55(51)62)37-48(47)58(42-31-30-40-19-7-8-20-41(40)36-42)46-34-32-44(38-49(46)59)63-56-28-16-12-24-52(56)61(4,5)53-25-13-17-29-57(53)63/h6-38H,1-5H3.